The van der Waals surface area contributed by atoms with Gasteiger partial charge in [0.2, 0.25) is 5.88 Å². The molecule has 7 heteroatoms. The Kier molecular flexibility index (Phi) is 5.43. The molecule has 3 aromatic rings. The van der Waals surface area contributed by atoms with Crippen LogP contribution in [0.5, 0.6) is 5.88 Å². The number of piperidine rings is 1. The molecule has 2 aromatic heterocycles. The number of H-pyrrole nitrogens is 1. The number of pyridine rings is 1. The lowest BCUT2D eigenvalue weighted by Gasteiger charge is -2.33. The van der Waals surface area contributed by atoms with Crippen molar-refractivity contribution < 1.29 is 14.6 Å². The lowest BCUT2D eigenvalue weighted by Crippen LogP contribution is -2.34. The van der Waals surface area contributed by atoms with Gasteiger partial charge in [0.25, 0.3) is 0 Å². The Balaban J connectivity index is 1.70. The number of ether oxygens (including phenoxy) is 1. The maximum Gasteiger partial charge on any atom is 0.337 e. The fraction of sp³-hybridized carbons (Fsp3) is 0.304. The summed E-state index contributed by atoms with van der Waals surface area (Å²) in [7, 11) is 1.58. The van der Waals surface area contributed by atoms with E-state index < -0.39 is 5.97 Å². The molecular formula is C23H24ClN3O3. The first-order valence-corrected chi connectivity index (χ1v) is 10.3. The van der Waals surface area contributed by atoms with Crippen LogP contribution < -0.4 is 9.64 Å². The number of aromatic carboxylic acids is 1. The predicted octanol–water partition coefficient (Wildman–Crippen LogP) is 5.38. The van der Waals surface area contributed by atoms with Gasteiger partial charge in [-0.25, -0.2) is 4.79 Å². The number of carbonyl (C=O) groups is 1. The Morgan fingerprint density at radius 3 is 2.67 bits per heavy atom. The summed E-state index contributed by atoms with van der Waals surface area (Å²) in [6.07, 6.45) is 3.60. The first-order valence-electron chi connectivity index (χ1n) is 9.88. The van der Waals surface area contributed by atoms with Crippen LogP contribution in [0, 0.1) is 5.92 Å². The first kappa shape index (κ1) is 20.3. The van der Waals surface area contributed by atoms with Gasteiger partial charge in [-0.15, -0.1) is 0 Å². The molecular weight excluding hydrogens is 402 g/mol. The first-order chi connectivity index (χ1) is 14.4. The quantitative estimate of drug-likeness (QED) is 0.536. The summed E-state index contributed by atoms with van der Waals surface area (Å²) < 4.78 is 5.58. The number of allylic oxidation sites excluding steroid dienone is 1. The molecule has 6 nitrogen and oxygen atoms in total. The lowest BCUT2D eigenvalue weighted by molar-refractivity contribution is 0.0699. The van der Waals surface area contributed by atoms with Gasteiger partial charge in [-0.05, 0) is 49.9 Å². The Morgan fingerprint density at radius 1 is 1.30 bits per heavy atom. The topological polar surface area (TPSA) is 78.5 Å². The number of halogens is 1. The third kappa shape index (κ3) is 3.63. The Morgan fingerprint density at radius 2 is 2.03 bits per heavy atom. The van der Waals surface area contributed by atoms with Crippen LogP contribution in [0.3, 0.4) is 0 Å². The maximum absolute atomic E-state index is 11.5. The SMILES string of the molecule is C=C(C)C1CCN(c2ccc(-c3cc4c(C(=O)O)c[nH]c4cc3Cl)c(OC)n2)CC1. The average Bonchev–Trinajstić information content (AvgIpc) is 3.15. The van der Waals surface area contributed by atoms with Crippen molar-refractivity contribution in [1.29, 1.82) is 0 Å². The molecule has 0 bridgehead atoms. The van der Waals surface area contributed by atoms with Crippen LogP contribution in [0.2, 0.25) is 5.02 Å². The number of aromatic nitrogens is 2. The number of nitrogens with one attached hydrogen (secondary N) is 1. The van der Waals surface area contributed by atoms with Crippen molar-refractivity contribution in [2.45, 2.75) is 19.8 Å². The van der Waals surface area contributed by atoms with Crippen molar-refractivity contribution in [2.75, 3.05) is 25.1 Å². The summed E-state index contributed by atoms with van der Waals surface area (Å²) in [6.45, 7) is 8.02. The molecule has 2 N–H and O–H groups in total. The number of methoxy groups -OCH3 is 1. The predicted molar refractivity (Wildman–Crippen MR) is 120 cm³/mol. The molecule has 30 heavy (non-hydrogen) atoms. The zero-order valence-corrected chi connectivity index (χ0v) is 17.8. The fourth-order valence-corrected chi connectivity index (χ4v) is 4.36. The maximum atomic E-state index is 11.5. The molecule has 4 rings (SSSR count). The summed E-state index contributed by atoms with van der Waals surface area (Å²) >= 11 is 6.52. The largest absolute Gasteiger partial charge is 0.480 e. The fourth-order valence-electron chi connectivity index (χ4n) is 4.10. The van der Waals surface area contributed by atoms with Crippen molar-refractivity contribution in [2.24, 2.45) is 5.92 Å². The highest BCUT2D eigenvalue weighted by atomic mass is 35.5. The zero-order valence-electron chi connectivity index (χ0n) is 17.0. The van der Waals surface area contributed by atoms with Crippen molar-refractivity contribution in [3.05, 3.63) is 53.2 Å². The summed E-state index contributed by atoms with van der Waals surface area (Å²) in [5, 5.41) is 10.5. The number of hydrogen-bond donors (Lipinski definition) is 2. The van der Waals surface area contributed by atoms with Crippen LogP contribution in [0.25, 0.3) is 22.0 Å². The lowest BCUT2D eigenvalue weighted by atomic mass is 9.91. The molecule has 0 radical (unpaired) electrons. The number of carboxylic acid groups (broad SMARTS) is 1. The molecule has 0 atom stereocenters. The molecule has 1 aliphatic heterocycles. The minimum atomic E-state index is -0.992. The summed E-state index contributed by atoms with van der Waals surface area (Å²) in [6, 6.07) is 7.41. The third-order valence-electron chi connectivity index (χ3n) is 5.84. The second-order valence-electron chi connectivity index (χ2n) is 7.72. The van der Waals surface area contributed by atoms with Crippen LogP contribution in [0.4, 0.5) is 5.82 Å². The van der Waals surface area contributed by atoms with E-state index >= 15 is 0 Å². The summed E-state index contributed by atoms with van der Waals surface area (Å²) in [5.74, 6) is 0.898. The van der Waals surface area contributed by atoms with Gasteiger partial charge < -0.3 is 19.7 Å². The van der Waals surface area contributed by atoms with E-state index in [9.17, 15) is 9.90 Å². The zero-order chi connectivity index (χ0) is 21.4. The second-order valence-corrected chi connectivity index (χ2v) is 8.13. The summed E-state index contributed by atoms with van der Waals surface area (Å²) in [5.41, 5.74) is 3.52. The molecule has 0 saturated carbocycles. The van der Waals surface area contributed by atoms with Crippen LogP contribution in [-0.4, -0.2) is 41.2 Å². The number of anilines is 1. The number of fused-ring (bicyclic) bond motifs is 1. The van der Waals surface area contributed by atoms with E-state index in [2.05, 4.69) is 23.4 Å². The van der Waals surface area contributed by atoms with Gasteiger partial charge in [0.1, 0.15) is 5.82 Å². The average molecular weight is 426 g/mol. The molecule has 1 aliphatic rings. The molecule has 0 aliphatic carbocycles. The molecule has 1 fully saturated rings. The molecule has 1 aromatic carbocycles. The van der Waals surface area contributed by atoms with Crippen molar-refractivity contribution in [3.8, 4) is 17.0 Å². The number of hydrogen-bond acceptors (Lipinski definition) is 4. The van der Waals surface area contributed by atoms with E-state index in [4.69, 9.17) is 21.3 Å². The molecule has 0 unspecified atom stereocenters. The molecule has 0 amide bonds. The highest BCUT2D eigenvalue weighted by molar-refractivity contribution is 6.34. The van der Waals surface area contributed by atoms with E-state index in [-0.39, 0.29) is 5.56 Å². The smallest absolute Gasteiger partial charge is 0.337 e. The van der Waals surface area contributed by atoms with Gasteiger partial charge >= 0.3 is 5.97 Å². The van der Waals surface area contributed by atoms with Crippen molar-refractivity contribution >= 4 is 34.3 Å². The third-order valence-corrected chi connectivity index (χ3v) is 6.16. The minimum absolute atomic E-state index is 0.201. The molecule has 0 spiro atoms. The molecule has 3 heterocycles. The van der Waals surface area contributed by atoms with E-state index in [1.54, 1.807) is 19.2 Å². The monoisotopic (exact) mass is 425 g/mol. The van der Waals surface area contributed by atoms with Crippen LogP contribution in [0.15, 0.2) is 42.6 Å². The number of carboxylic acids is 1. The van der Waals surface area contributed by atoms with Crippen molar-refractivity contribution in [3.63, 3.8) is 0 Å². The minimum Gasteiger partial charge on any atom is -0.480 e. The van der Waals surface area contributed by atoms with E-state index in [0.29, 0.717) is 33.3 Å². The standard InChI is InChI=1S/C23H24ClN3O3/c1-13(2)14-6-8-27(9-7-14)21-5-4-15(22(26-21)30-3)16-10-17-18(23(28)29)12-25-20(17)11-19(16)24/h4-5,10-12,14,25H,1,6-9H2,2-3H3,(H,28,29). The number of benzene rings is 1. The van der Waals surface area contributed by atoms with Crippen LogP contribution in [-0.2, 0) is 0 Å². The van der Waals surface area contributed by atoms with E-state index in [1.165, 1.54) is 11.8 Å². The highest BCUT2D eigenvalue weighted by Gasteiger charge is 2.22. The number of aromatic amines is 1. The second kappa shape index (κ2) is 8.03. The van der Waals surface area contributed by atoms with E-state index in [0.717, 1.165) is 37.3 Å². The number of rotatable bonds is 5. The molecule has 1 saturated heterocycles. The Hall–Kier alpha value is -2.99. The van der Waals surface area contributed by atoms with Crippen LogP contribution >= 0.6 is 11.6 Å². The van der Waals surface area contributed by atoms with Gasteiger partial charge in [-0.2, -0.15) is 4.98 Å². The highest BCUT2D eigenvalue weighted by Crippen LogP contribution is 2.38. The van der Waals surface area contributed by atoms with Crippen LogP contribution in [0.1, 0.15) is 30.1 Å². The normalized spacial score (nSPS) is 14.8. The Labute approximate surface area is 180 Å². The number of nitrogens with zero attached hydrogens (tertiary/aromatic N) is 2. The van der Waals surface area contributed by atoms with Gasteiger partial charge in [-0.3, -0.25) is 0 Å². The van der Waals surface area contributed by atoms with Crippen molar-refractivity contribution in [1.82, 2.24) is 9.97 Å². The van der Waals surface area contributed by atoms with Gasteiger partial charge in [-0.1, -0.05) is 23.8 Å². The van der Waals surface area contributed by atoms with E-state index in [1.807, 2.05) is 12.1 Å². The van der Waals surface area contributed by atoms with Gasteiger partial charge in [0.15, 0.2) is 0 Å². The van der Waals surface area contributed by atoms with Gasteiger partial charge in [0, 0.05) is 41.3 Å². The summed E-state index contributed by atoms with van der Waals surface area (Å²) in [4.78, 5) is 21.5. The Bertz CT molecular complexity index is 1130. The van der Waals surface area contributed by atoms with Gasteiger partial charge in [0.05, 0.1) is 17.7 Å². The molecule has 156 valence electrons.